The molecule has 0 bridgehead atoms. The van der Waals surface area contributed by atoms with Crippen LogP contribution in [0.5, 0.6) is 0 Å². The number of rotatable bonds is 2. The van der Waals surface area contributed by atoms with Gasteiger partial charge in [0.25, 0.3) is 17.4 Å². The number of pyridine rings is 1. The van der Waals surface area contributed by atoms with Crippen molar-refractivity contribution in [2.24, 2.45) is 0 Å². The van der Waals surface area contributed by atoms with Gasteiger partial charge in [-0.25, -0.2) is 4.79 Å². The van der Waals surface area contributed by atoms with Crippen LogP contribution in [0.4, 0.5) is 19.0 Å². The fourth-order valence-electron chi connectivity index (χ4n) is 2.60. The number of halogens is 3. The summed E-state index contributed by atoms with van der Waals surface area (Å²) in [7, 11) is 0. The summed E-state index contributed by atoms with van der Waals surface area (Å²) in [6, 6.07) is 2.35. The monoisotopic (exact) mass is 367 g/mol. The lowest BCUT2D eigenvalue weighted by Gasteiger charge is -2.16. The summed E-state index contributed by atoms with van der Waals surface area (Å²) in [6.07, 6.45) is -4.81. The number of nitrogens with zero attached hydrogens (tertiary/aromatic N) is 1. The zero-order chi connectivity index (χ0) is 19.4. The molecule has 8 nitrogen and oxygen atoms in total. The number of fused-ring (bicyclic) bond motifs is 1. The molecule has 2 amide bonds. The number of carbonyl (C=O) groups excluding carboxylic acids is 2. The molecule has 11 heteroatoms. The summed E-state index contributed by atoms with van der Waals surface area (Å²) in [5.41, 5.74) is 1.38. The van der Waals surface area contributed by atoms with Gasteiger partial charge in [0.2, 0.25) is 0 Å². The summed E-state index contributed by atoms with van der Waals surface area (Å²) in [4.78, 5) is 47.1. The number of nitrogens with two attached hydrogens (primary N) is 1. The Morgan fingerprint density at radius 3 is 2.35 bits per heavy atom. The van der Waals surface area contributed by atoms with E-state index in [1.807, 2.05) is 5.32 Å². The third kappa shape index (κ3) is 2.49. The van der Waals surface area contributed by atoms with E-state index in [2.05, 4.69) is 0 Å². The van der Waals surface area contributed by atoms with Gasteiger partial charge in [-0.1, -0.05) is 0 Å². The number of hydrogen-bond acceptors (Lipinski definition) is 5. The molecule has 0 unspecified atom stereocenters. The Morgan fingerprint density at radius 1 is 1.12 bits per heavy atom. The summed E-state index contributed by atoms with van der Waals surface area (Å²) in [5.74, 6) is -4.08. The Labute approximate surface area is 141 Å². The van der Waals surface area contributed by atoms with Crippen LogP contribution in [0.15, 0.2) is 29.1 Å². The SMILES string of the molecule is Nc1c2c(cc(=O)n1-c1cc(C(F)(F)F)ccc1C(=O)O)C(=O)NC2=O. The third-order valence-electron chi connectivity index (χ3n) is 3.75. The smallest absolute Gasteiger partial charge is 0.416 e. The van der Waals surface area contributed by atoms with Gasteiger partial charge in [0, 0.05) is 6.07 Å². The predicted molar refractivity (Wildman–Crippen MR) is 80.2 cm³/mol. The fourth-order valence-corrected chi connectivity index (χ4v) is 2.60. The molecule has 0 saturated heterocycles. The van der Waals surface area contributed by atoms with Crippen LogP contribution in [0.2, 0.25) is 0 Å². The highest BCUT2D eigenvalue weighted by atomic mass is 19.4. The first-order chi connectivity index (χ1) is 12.0. The van der Waals surface area contributed by atoms with Crippen LogP contribution in [-0.4, -0.2) is 27.5 Å². The number of nitrogen functional groups attached to an aromatic ring is 1. The number of benzene rings is 1. The number of nitrogens with one attached hydrogen (secondary N) is 1. The van der Waals surface area contributed by atoms with Crippen molar-refractivity contribution in [2.75, 3.05) is 5.73 Å². The van der Waals surface area contributed by atoms with Gasteiger partial charge in [0.1, 0.15) is 5.82 Å². The molecule has 1 aliphatic rings. The van der Waals surface area contributed by atoms with Crippen LogP contribution in [0.25, 0.3) is 5.69 Å². The van der Waals surface area contributed by atoms with Crippen LogP contribution in [0, 0.1) is 0 Å². The molecular formula is C15H8F3N3O5. The van der Waals surface area contributed by atoms with Crippen molar-refractivity contribution in [3.8, 4) is 5.69 Å². The van der Waals surface area contributed by atoms with Crippen molar-refractivity contribution >= 4 is 23.6 Å². The largest absolute Gasteiger partial charge is 0.478 e. The van der Waals surface area contributed by atoms with Crippen molar-refractivity contribution < 1.29 is 32.7 Å². The molecular weight excluding hydrogens is 359 g/mol. The topological polar surface area (TPSA) is 131 Å². The van der Waals surface area contributed by atoms with Crippen molar-refractivity contribution in [3.05, 3.63) is 56.9 Å². The van der Waals surface area contributed by atoms with Gasteiger partial charge in [0.15, 0.2) is 0 Å². The second kappa shape index (κ2) is 5.44. The molecule has 0 saturated carbocycles. The minimum absolute atomic E-state index is 0.336. The number of anilines is 1. The normalized spacial score (nSPS) is 13.5. The van der Waals surface area contributed by atoms with E-state index >= 15 is 0 Å². The molecule has 1 aromatic carbocycles. The number of carboxylic acids is 1. The Bertz CT molecular complexity index is 1060. The molecule has 1 aliphatic heterocycles. The highest BCUT2D eigenvalue weighted by molar-refractivity contribution is 6.23. The van der Waals surface area contributed by atoms with Crippen LogP contribution >= 0.6 is 0 Å². The van der Waals surface area contributed by atoms with Gasteiger partial charge in [-0.05, 0) is 18.2 Å². The van der Waals surface area contributed by atoms with E-state index in [9.17, 15) is 37.5 Å². The van der Waals surface area contributed by atoms with E-state index in [0.29, 0.717) is 28.8 Å². The van der Waals surface area contributed by atoms with E-state index in [1.54, 1.807) is 0 Å². The van der Waals surface area contributed by atoms with Gasteiger partial charge >= 0.3 is 12.1 Å². The molecule has 0 radical (unpaired) electrons. The maximum absolute atomic E-state index is 13.0. The summed E-state index contributed by atoms with van der Waals surface area (Å²) < 4.78 is 39.4. The number of aromatic carboxylic acids is 1. The zero-order valence-corrected chi connectivity index (χ0v) is 12.5. The van der Waals surface area contributed by atoms with Crippen molar-refractivity contribution in [2.45, 2.75) is 6.18 Å². The standard InChI is InChI=1S/C15H8F3N3O5/c16-15(17,18)5-1-2-6(14(25)26)8(3-5)21-9(22)4-7-10(11(21)19)13(24)20-12(7)23/h1-4H,19H2,(H,25,26)(H,20,23,24). The van der Waals surface area contributed by atoms with Crippen molar-refractivity contribution in [1.82, 2.24) is 9.88 Å². The van der Waals surface area contributed by atoms with Gasteiger partial charge in [-0.2, -0.15) is 13.2 Å². The minimum atomic E-state index is -4.81. The second-order valence-corrected chi connectivity index (χ2v) is 5.31. The van der Waals surface area contributed by atoms with Crippen LogP contribution in [-0.2, 0) is 6.18 Å². The van der Waals surface area contributed by atoms with Crippen LogP contribution in [0.1, 0.15) is 36.6 Å². The summed E-state index contributed by atoms with van der Waals surface area (Å²) >= 11 is 0. The lowest BCUT2D eigenvalue weighted by Crippen LogP contribution is -2.26. The lowest BCUT2D eigenvalue weighted by molar-refractivity contribution is -0.137. The molecule has 3 rings (SSSR count). The van der Waals surface area contributed by atoms with Gasteiger partial charge in [-0.3, -0.25) is 24.3 Å². The highest BCUT2D eigenvalue weighted by Crippen LogP contribution is 2.32. The second-order valence-electron chi connectivity index (χ2n) is 5.31. The lowest BCUT2D eigenvalue weighted by atomic mass is 10.1. The zero-order valence-electron chi connectivity index (χ0n) is 12.5. The number of alkyl halides is 3. The van der Waals surface area contributed by atoms with Gasteiger partial charge < -0.3 is 10.8 Å². The predicted octanol–water partition coefficient (Wildman–Crippen LogP) is 1.02. The van der Waals surface area contributed by atoms with E-state index in [-0.39, 0.29) is 5.56 Å². The van der Waals surface area contributed by atoms with E-state index in [4.69, 9.17) is 5.73 Å². The number of imide groups is 1. The number of carbonyl (C=O) groups is 3. The van der Waals surface area contributed by atoms with Crippen LogP contribution in [0.3, 0.4) is 0 Å². The Hall–Kier alpha value is -3.63. The highest BCUT2D eigenvalue weighted by Gasteiger charge is 2.35. The number of aromatic nitrogens is 1. The van der Waals surface area contributed by atoms with Gasteiger partial charge in [-0.15, -0.1) is 0 Å². The Balaban J connectivity index is 2.39. The molecule has 0 aliphatic carbocycles. The molecule has 0 spiro atoms. The van der Waals surface area contributed by atoms with E-state index < -0.39 is 57.7 Å². The molecule has 0 fully saturated rings. The average Bonchev–Trinajstić information content (AvgIpc) is 2.80. The summed E-state index contributed by atoms with van der Waals surface area (Å²) in [5, 5.41) is 11.1. The number of carboxylic acid groups (broad SMARTS) is 1. The number of hydrogen-bond donors (Lipinski definition) is 3. The maximum atomic E-state index is 13.0. The average molecular weight is 367 g/mol. The molecule has 0 atom stereocenters. The minimum Gasteiger partial charge on any atom is -0.478 e. The molecule has 4 N–H and O–H groups in total. The van der Waals surface area contributed by atoms with E-state index in [1.165, 1.54) is 0 Å². The summed E-state index contributed by atoms with van der Waals surface area (Å²) in [6.45, 7) is 0. The maximum Gasteiger partial charge on any atom is 0.416 e. The molecule has 134 valence electrons. The van der Waals surface area contributed by atoms with Crippen molar-refractivity contribution in [3.63, 3.8) is 0 Å². The first-order valence-corrected chi connectivity index (χ1v) is 6.88. The molecule has 2 heterocycles. The molecule has 26 heavy (non-hydrogen) atoms. The first-order valence-electron chi connectivity index (χ1n) is 6.88. The van der Waals surface area contributed by atoms with Gasteiger partial charge in [0.05, 0.1) is 27.9 Å². The molecule has 2 aromatic rings. The Morgan fingerprint density at radius 2 is 1.77 bits per heavy atom. The Kier molecular flexibility index (Phi) is 3.60. The quantitative estimate of drug-likeness (QED) is 0.679. The van der Waals surface area contributed by atoms with Crippen molar-refractivity contribution in [1.29, 1.82) is 0 Å². The first kappa shape index (κ1) is 17.2. The van der Waals surface area contributed by atoms with E-state index in [0.717, 1.165) is 0 Å². The number of amides is 2. The molecule has 1 aromatic heterocycles. The fraction of sp³-hybridized carbons (Fsp3) is 0.0667. The van der Waals surface area contributed by atoms with Crippen LogP contribution < -0.4 is 16.6 Å². The third-order valence-corrected chi connectivity index (χ3v) is 3.75.